The lowest BCUT2D eigenvalue weighted by atomic mass is 9.86. The summed E-state index contributed by atoms with van der Waals surface area (Å²) < 4.78 is 5.22. The van der Waals surface area contributed by atoms with Crippen molar-refractivity contribution in [2.45, 2.75) is 45.2 Å². The zero-order valence-electron chi connectivity index (χ0n) is 16.4. The average Bonchev–Trinajstić information content (AvgIpc) is 2.66. The highest BCUT2D eigenvalue weighted by molar-refractivity contribution is 5.77. The highest BCUT2D eigenvalue weighted by Crippen LogP contribution is 2.23. The number of quaternary nitrogens is 2. The number of ether oxygens (including phenoxy) is 1. The van der Waals surface area contributed by atoms with E-state index < -0.39 is 0 Å². The van der Waals surface area contributed by atoms with Crippen LogP contribution in [0, 0.1) is 5.92 Å². The molecule has 0 radical (unpaired) electrons. The lowest BCUT2D eigenvalue weighted by Crippen LogP contribution is -3.28. The van der Waals surface area contributed by atoms with Crippen molar-refractivity contribution in [1.82, 2.24) is 5.32 Å². The predicted octanol–water partition coefficient (Wildman–Crippen LogP) is -0.326. The lowest BCUT2D eigenvalue weighted by Gasteiger charge is -2.32. The molecule has 26 heavy (non-hydrogen) atoms. The van der Waals surface area contributed by atoms with E-state index in [0.717, 1.165) is 44.9 Å². The molecule has 1 aliphatic carbocycles. The van der Waals surface area contributed by atoms with Gasteiger partial charge in [-0.3, -0.25) is 4.79 Å². The van der Waals surface area contributed by atoms with Crippen LogP contribution in [0.1, 0.15) is 38.2 Å². The van der Waals surface area contributed by atoms with Crippen LogP contribution in [0.5, 0.6) is 5.75 Å². The minimum Gasteiger partial charge on any atom is -0.497 e. The monoisotopic (exact) mass is 361 g/mol. The molecule has 1 saturated carbocycles. The molecule has 2 atom stereocenters. The molecule has 1 aromatic carbocycles. The minimum absolute atomic E-state index is 0.248. The molecule has 0 bridgehead atoms. The molecular formula is C21H35N3O2+2. The van der Waals surface area contributed by atoms with E-state index in [1.54, 1.807) is 12.0 Å². The molecule has 1 saturated heterocycles. The lowest BCUT2D eigenvalue weighted by molar-refractivity contribution is -1.02. The number of methoxy groups -OCH3 is 1. The molecule has 5 nitrogen and oxygen atoms in total. The van der Waals surface area contributed by atoms with Crippen molar-refractivity contribution in [3.63, 3.8) is 0 Å². The number of carbonyl (C=O) groups is 1. The van der Waals surface area contributed by atoms with Crippen molar-refractivity contribution < 1.29 is 19.3 Å². The van der Waals surface area contributed by atoms with Gasteiger partial charge in [-0.2, -0.15) is 0 Å². The van der Waals surface area contributed by atoms with Crippen LogP contribution in [0.25, 0.3) is 0 Å². The fraction of sp³-hybridized carbons (Fsp3) is 0.667. The number of hydrogen-bond donors (Lipinski definition) is 3. The van der Waals surface area contributed by atoms with Gasteiger partial charge in [-0.25, -0.2) is 0 Å². The van der Waals surface area contributed by atoms with E-state index in [1.807, 2.05) is 12.1 Å². The van der Waals surface area contributed by atoms with Gasteiger partial charge >= 0.3 is 0 Å². The Morgan fingerprint density at radius 1 is 1.08 bits per heavy atom. The number of carbonyl (C=O) groups excluding carboxylic acids is 1. The summed E-state index contributed by atoms with van der Waals surface area (Å²) in [5, 5.41) is 3.30. The van der Waals surface area contributed by atoms with E-state index >= 15 is 0 Å². The summed E-state index contributed by atoms with van der Waals surface area (Å²) in [7, 11) is 1.70. The maximum absolute atomic E-state index is 12.4. The van der Waals surface area contributed by atoms with E-state index in [-0.39, 0.29) is 5.91 Å². The average molecular weight is 362 g/mol. The van der Waals surface area contributed by atoms with E-state index in [4.69, 9.17) is 4.74 Å². The van der Waals surface area contributed by atoms with Gasteiger partial charge in [0.25, 0.3) is 5.91 Å². The Labute approximate surface area is 157 Å². The Morgan fingerprint density at radius 2 is 1.73 bits per heavy atom. The third-order valence-corrected chi connectivity index (χ3v) is 6.15. The normalized spacial score (nSPS) is 29.2. The molecule has 0 aromatic heterocycles. The first-order valence-corrected chi connectivity index (χ1v) is 10.2. The first-order chi connectivity index (χ1) is 12.6. The Balaban J connectivity index is 1.38. The number of benzene rings is 1. The minimum atomic E-state index is 0.248. The molecule has 1 aromatic rings. The van der Waals surface area contributed by atoms with Crippen LogP contribution >= 0.6 is 0 Å². The van der Waals surface area contributed by atoms with E-state index in [9.17, 15) is 4.79 Å². The van der Waals surface area contributed by atoms with Crippen molar-refractivity contribution in [1.29, 1.82) is 0 Å². The fourth-order valence-corrected chi connectivity index (χ4v) is 4.36. The largest absolute Gasteiger partial charge is 0.497 e. The summed E-state index contributed by atoms with van der Waals surface area (Å²) in [6.45, 7) is 8.40. The SMILES string of the molecule is COc1ccc(C[NH+]2CC[NH+](CC(=O)N[C@H]3CCCC[C@@H]3C)CC2)cc1. The molecule has 2 fully saturated rings. The molecule has 3 N–H and O–H groups in total. The van der Waals surface area contributed by atoms with Gasteiger partial charge in [0.2, 0.25) is 0 Å². The van der Waals surface area contributed by atoms with Crippen molar-refractivity contribution in [2.24, 2.45) is 5.92 Å². The Kier molecular flexibility index (Phi) is 6.92. The first kappa shape index (κ1) is 19.2. The molecule has 0 spiro atoms. The van der Waals surface area contributed by atoms with Gasteiger partial charge in [0.1, 0.15) is 38.5 Å². The van der Waals surface area contributed by atoms with E-state index in [1.165, 1.54) is 29.7 Å². The maximum Gasteiger partial charge on any atom is 0.275 e. The third kappa shape index (κ3) is 5.45. The van der Waals surface area contributed by atoms with Crippen LogP contribution in [0.2, 0.25) is 0 Å². The van der Waals surface area contributed by atoms with Crippen molar-refractivity contribution >= 4 is 5.91 Å². The Hall–Kier alpha value is -1.59. The van der Waals surface area contributed by atoms with Crippen molar-refractivity contribution in [3.8, 4) is 5.75 Å². The zero-order chi connectivity index (χ0) is 18.4. The van der Waals surface area contributed by atoms with Crippen LogP contribution in [-0.4, -0.2) is 51.8 Å². The standard InChI is InChI=1S/C21H33N3O2/c1-17-5-3-4-6-20(17)22-21(25)16-24-13-11-23(12-14-24)15-18-7-9-19(26-2)10-8-18/h7-10,17,20H,3-6,11-16H2,1-2H3,(H,22,25)/p+2/t17-,20-/m0/s1. The maximum atomic E-state index is 12.4. The van der Waals surface area contributed by atoms with Gasteiger partial charge in [-0.05, 0) is 43.0 Å². The molecule has 2 aliphatic rings. The molecule has 1 heterocycles. The van der Waals surface area contributed by atoms with Gasteiger partial charge in [-0.15, -0.1) is 0 Å². The topological polar surface area (TPSA) is 47.2 Å². The molecule has 0 unspecified atom stereocenters. The highest BCUT2D eigenvalue weighted by Gasteiger charge is 2.27. The number of hydrogen-bond acceptors (Lipinski definition) is 2. The van der Waals surface area contributed by atoms with Crippen LogP contribution in [0.15, 0.2) is 24.3 Å². The molecule has 144 valence electrons. The second-order valence-corrected chi connectivity index (χ2v) is 8.14. The smallest absolute Gasteiger partial charge is 0.275 e. The molecule has 5 heteroatoms. The molecule has 1 amide bonds. The van der Waals surface area contributed by atoms with Crippen LogP contribution in [0.4, 0.5) is 0 Å². The Bertz CT molecular complexity index is 567. The predicted molar refractivity (Wildman–Crippen MR) is 103 cm³/mol. The summed E-state index contributed by atoms with van der Waals surface area (Å²) in [4.78, 5) is 15.5. The second kappa shape index (κ2) is 9.38. The van der Waals surface area contributed by atoms with E-state index in [2.05, 4.69) is 24.4 Å². The highest BCUT2D eigenvalue weighted by atomic mass is 16.5. The quantitative estimate of drug-likeness (QED) is 0.650. The zero-order valence-corrected chi connectivity index (χ0v) is 16.4. The van der Waals surface area contributed by atoms with Gasteiger partial charge in [0, 0.05) is 11.6 Å². The summed E-state index contributed by atoms with van der Waals surface area (Å²) in [5.74, 6) is 1.79. The summed E-state index contributed by atoms with van der Waals surface area (Å²) >= 11 is 0. The van der Waals surface area contributed by atoms with Gasteiger partial charge in [0.15, 0.2) is 6.54 Å². The first-order valence-electron chi connectivity index (χ1n) is 10.2. The molecule has 3 rings (SSSR count). The molecular weight excluding hydrogens is 326 g/mol. The van der Waals surface area contributed by atoms with Crippen molar-refractivity contribution in [3.05, 3.63) is 29.8 Å². The van der Waals surface area contributed by atoms with E-state index in [0.29, 0.717) is 18.5 Å². The summed E-state index contributed by atoms with van der Waals surface area (Å²) in [6.07, 6.45) is 4.99. The number of nitrogens with one attached hydrogen (secondary N) is 3. The molecule has 1 aliphatic heterocycles. The summed E-state index contributed by atoms with van der Waals surface area (Å²) in [5.41, 5.74) is 1.35. The Morgan fingerprint density at radius 3 is 2.38 bits per heavy atom. The number of piperazine rings is 1. The van der Waals surface area contributed by atoms with Gasteiger partial charge < -0.3 is 19.9 Å². The third-order valence-electron chi connectivity index (χ3n) is 6.15. The van der Waals surface area contributed by atoms with Crippen LogP contribution in [0.3, 0.4) is 0 Å². The second-order valence-electron chi connectivity index (χ2n) is 8.14. The number of amides is 1. The van der Waals surface area contributed by atoms with Gasteiger partial charge in [0.05, 0.1) is 7.11 Å². The van der Waals surface area contributed by atoms with Crippen LogP contribution < -0.4 is 19.9 Å². The fourth-order valence-electron chi connectivity index (χ4n) is 4.36. The summed E-state index contributed by atoms with van der Waals surface area (Å²) in [6, 6.07) is 8.78. The van der Waals surface area contributed by atoms with Gasteiger partial charge in [-0.1, -0.05) is 19.8 Å². The van der Waals surface area contributed by atoms with Crippen LogP contribution in [-0.2, 0) is 11.3 Å². The van der Waals surface area contributed by atoms with Crippen molar-refractivity contribution in [2.75, 3.05) is 39.8 Å². The number of rotatable bonds is 6.